The van der Waals surface area contributed by atoms with Gasteiger partial charge in [-0.25, -0.2) is 0 Å². The highest BCUT2D eigenvalue weighted by atomic mass is 79.9. The lowest BCUT2D eigenvalue weighted by Gasteiger charge is -2.16. The van der Waals surface area contributed by atoms with E-state index in [0.29, 0.717) is 6.42 Å². The third-order valence-electron chi connectivity index (χ3n) is 3.49. The number of halogens is 1. The predicted molar refractivity (Wildman–Crippen MR) is 88.1 cm³/mol. The molecule has 2 atom stereocenters. The summed E-state index contributed by atoms with van der Waals surface area (Å²) in [5.41, 5.74) is 2.10. The first-order valence-corrected chi connectivity index (χ1v) is 8.24. The number of hydrogen-bond acceptors (Lipinski definition) is 3. The van der Waals surface area contributed by atoms with E-state index in [4.69, 9.17) is 0 Å². The molecule has 1 aromatic carbocycles. The van der Waals surface area contributed by atoms with E-state index in [1.54, 1.807) is 17.4 Å². The number of aliphatic hydroxyl groups is 1. The SMILES string of the molecule is O=C(/C=C/c1ccc(Br)s1)N[C@H]1c2ccccc2C[C@H]1O. The number of nitrogens with one attached hydrogen (secondary N) is 1. The fraction of sp³-hybridized carbons (Fsp3) is 0.188. The van der Waals surface area contributed by atoms with Crippen LogP contribution in [0.1, 0.15) is 22.0 Å². The first kappa shape index (κ1) is 14.5. The molecule has 0 bridgehead atoms. The summed E-state index contributed by atoms with van der Waals surface area (Å²) >= 11 is 4.95. The minimum atomic E-state index is -0.560. The molecule has 1 aromatic heterocycles. The Morgan fingerprint density at radius 3 is 2.90 bits per heavy atom. The van der Waals surface area contributed by atoms with Gasteiger partial charge in [-0.05, 0) is 45.3 Å². The largest absolute Gasteiger partial charge is 0.390 e. The van der Waals surface area contributed by atoms with Crippen molar-refractivity contribution in [2.75, 3.05) is 0 Å². The van der Waals surface area contributed by atoms with Crippen molar-refractivity contribution in [3.05, 3.63) is 62.3 Å². The Morgan fingerprint density at radius 1 is 1.33 bits per heavy atom. The van der Waals surface area contributed by atoms with Crippen LogP contribution >= 0.6 is 27.3 Å². The average Bonchev–Trinajstić information content (AvgIpc) is 3.01. The zero-order valence-electron chi connectivity index (χ0n) is 11.1. The van der Waals surface area contributed by atoms with Gasteiger partial charge in [-0.1, -0.05) is 24.3 Å². The molecule has 0 radical (unpaired) electrons. The molecule has 0 saturated carbocycles. The Hall–Kier alpha value is -1.43. The zero-order chi connectivity index (χ0) is 14.8. The second-order valence-electron chi connectivity index (χ2n) is 4.93. The normalized spacial score (nSPS) is 20.7. The highest BCUT2D eigenvalue weighted by molar-refractivity contribution is 9.11. The van der Waals surface area contributed by atoms with Crippen LogP contribution in [-0.2, 0) is 11.2 Å². The van der Waals surface area contributed by atoms with E-state index < -0.39 is 6.10 Å². The lowest BCUT2D eigenvalue weighted by Crippen LogP contribution is -2.32. The molecular weight excluding hydrogens is 350 g/mol. The molecule has 108 valence electrons. The van der Waals surface area contributed by atoms with Gasteiger partial charge in [-0.3, -0.25) is 4.79 Å². The molecule has 2 aromatic rings. The van der Waals surface area contributed by atoms with Gasteiger partial charge in [0, 0.05) is 17.4 Å². The van der Waals surface area contributed by atoms with Crippen LogP contribution in [0.5, 0.6) is 0 Å². The molecule has 3 rings (SSSR count). The number of carbonyl (C=O) groups excluding carboxylic acids is 1. The lowest BCUT2D eigenvalue weighted by atomic mass is 10.1. The summed E-state index contributed by atoms with van der Waals surface area (Å²) in [4.78, 5) is 13.0. The number of amides is 1. The smallest absolute Gasteiger partial charge is 0.244 e. The summed E-state index contributed by atoms with van der Waals surface area (Å²) in [6.45, 7) is 0. The van der Waals surface area contributed by atoms with Crippen LogP contribution in [0.15, 0.2) is 46.3 Å². The standard InChI is InChI=1S/C16H14BrNO2S/c17-14-7-5-11(21-14)6-8-15(20)18-16-12-4-2-1-3-10(12)9-13(16)19/h1-8,13,16,19H,9H2,(H,18,20)/b8-6+/t13-,16+/m1/s1. The zero-order valence-corrected chi connectivity index (χ0v) is 13.5. The maximum Gasteiger partial charge on any atom is 0.244 e. The molecule has 2 N–H and O–H groups in total. The van der Waals surface area contributed by atoms with Gasteiger partial charge in [0.05, 0.1) is 15.9 Å². The molecule has 0 fully saturated rings. The monoisotopic (exact) mass is 363 g/mol. The van der Waals surface area contributed by atoms with E-state index in [1.807, 2.05) is 36.4 Å². The van der Waals surface area contributed by atoms with Crippen LogP contribution in [0.4, 0.5) is 0 Å². The third kappa shape index (κ3) is 3.26. The van der Waals surface area contributed by atoms with Crippen molar-refractivity contribution in [2.45, 2.75) is 18.6 Å². The van der Waals surface area contributed by atoms with Gasteiger partial charge in [0.2, 0.25) is 5.91 Å². The van der Waals surface area contributed by atoms with E-state index in [0.717, 1.165) is 19.8 Å². The quantitative estimate of drug-likeness (QED) is 0.822. The Morgan fingerprint density at radius 2 is 2.14 bits per heavy atom. The van der Waals surface area contributed by atoms with Crippen molar-refractivity contribution in [1.82, 2.24) is 5.32 Å². The lowest BCUT2D eigenvalue weighted by molar-refractivity contribution is -0.117. The molecule has 1 aliphatic rings. The maximum absolute atomic E-state index is 12.0. The first-order chi connectivity index (χ1) is 10.1. The van der Waals surface area contributed by atoms with Crippen molar-refractivity contribution in [1.29, 1.82) is 0 Å². The Kier molecular flexibility index (Phi) is 4.24. The summed E-state index contributed by atoms with van der Waals surface area (Å²) in [6, 6.07) is 11.4. The van der Waals surface area contributed by atoms with Gasteiger partial charge in [0.1, 0.15) is 0 Å². The Bertz CT molecular complexity index is 695. The molecule has 1 aliphatic carbocycles. The first-order valence-electron chi connectivity index (χ1n) is 6.63. The van der Waals surface area contributed by atoms with E-state index in [9.17, 15) is 9.90 Å². The van der Waals surface area contributed by atoms with Gasteiger partial charge < -0.3 is 10.4 Å². The number of rotatable bonds is 3. The minimum Gasteiger partial charge on any atom is -0.390 e. The summed E-state index contributed by atoms with van der Waals surface area (Å²) in [5, 5.41) is 13.0. The van der Waals surface area contributed by atoms with E-state index in [1.165, 1.54) is 6.08 Å². The third-order valence-corrected chi connectivity index (χ3v) is 5.08. The molecule has 0 aliphatic heterocycles. The second kappa shape index (κ2) is 6.13. The fourth-order valence-corrected chi connectivity index (χ4v) is 3.85. The van der Waals surface area contributed by atoms with Gasteiger partial charge in [-0.15, -0.1) is 11.3 Å². The Balaban J connectivity index is 1.69. The van der Waals surface area contributed by atoms with Gasteiger partial charge in [-0.2, -0.15) is 0 Å². The summed E-state index contributed by atoms with van der Waals surface area (Å²) in [7, 11) is 0. The van der Waals surface area contributed by atoms with Crippen LogP contribution in [0.25, 0.3) is 6.08 Å². The topological polar surface area (TPSA) is 49.3 Å². The number of fused-ring (bicyclic) bond motifs is 1. The van der Waals surface area contributed by atoms with E-state index in [-0.39, 0.29) is 11.9 Å². The molecule has 0 spiro atoms. The highest BCUT2D eigenvalue weighted by Gasteiger charge is 2.31. The Labute approximate surface area is 135 Å². The minimum absolute atomic E-state index is 0.194. The number of carbonyl (C=O) groups is 1. The van der Waals surface area contributed by atoms with Gasteiger partial charge >= 0.3 is 0 Å². The highest BCUT2D eigenvalue weighted by Crippen LogP contribution is 2.31. The number of hydrogen-bond donors (Lipinski definition) is 2. The van der Waals surface area contributed by atoms with Crippen LogP contribution in [0.3, 0.4) is 0 Å². The molecule has 5 heteroatoms. The second-order valence-corrected chi connectivity index (χ2v) is 7.43. The van der Waals surface area contributed by atoms with Crippen LogP contribution in [-0.4, -0.2) is 17.1 Å². The average molecular weight is 364 g/mol. The molecule has 0 unspecified atom stereocenters. The van der Waals surface area contributed by atoms with Crippen LogP contribution in [0, 0.1) is 0 Å². The molecule has 1 heterocycles. The number of benzene rings is 1. The van der Waals surface area contributed by atoms with E-state index in [2.05, 4.69) is 21.2 Å². The van der Waals surface area contributed by atoms with Crippen molar-refractivity contribution in [3.63, 3.8) is 0 Å². The number of thiophene rings is 1. The summed E-state index contributed by atoms with van der Waals surface area (Å²) in [6.07, 6.45) is 3.31. The fourth-order valence-electron chi connectivity index (χ4n) is 2.52. The van der Waals surface area contributed by atoms with Crippen molar-refractivity contribution in [3.8, 4) is 0 Å². The molecular formula is C16H14BrNO2S. The maximum atomic E-state index is 12.0. The molecule has 3 nitrogen and oxygen atoms in total. The summed E-state index contributed by atoms with van der Waals surface area (Å²) in [5.74, 6) is -0.194. The van der Waals surface area contributed by atoms with Gasteiger partial charge in [0.15, 0.2) is 0 Å². The molecule has 1 amide bonds. The predicted octanol–water partition coefficient (Wildman–Crippen LogP) is 3.30. The number of aliphatic hydroxyl groups excluding tert-OH is 1. The van der Waals surface area contributed by atoms with Crippen molar-refractivity contribution >= 4 is 39.2 Å². The van der Waals surface area contributed by atoms with Crippen molar-refractivity contribution < 1.29 is 9.90 Å². The van der Waals surface area contributed by atoms with Gasteiger partial charge in [0.25, 0.3) is 0 Å². The van der Waals surface area contributed by atoms with E-state index >= 15 is 0 Å². The van der Waals surface area contributed by atoms with Crippen LogP contribution < -0.4 is 5.32 Å². The molecule has 0 saturated heterocycles. The van der Waals surface area contributed by atoms with Crippen molar-refractivity contribution in [2.24, 2.45) is 0 Å². The van der Waals surface area contributed by atoms with Crippen LogP contribution in [0.2, 0.25) is 0 Å². The summed E-state index contributed by atoms with van der Waals surface area (Å²) < 4.78 is 1.03. The molecule has 21 heavy (non-hydrogen) atoms.